The Bertz CT molecular complexity index is 610. The molecular weight excluding hydrogens is 278 g/mol. The van der Waals surface area contributed by atoms with Gasteiger partial charge in [0.05, 0.1) is 0 Å². The second-order valence-electron chi connectivity index (χ2n) is 6.31. The van der Waals surface area contributed by atoms with Crippen molar-refractivity contribution in [2.75, 3.05) is 0 Å². The van der Waals surface area contributed by atoms with Crippen LogP contribution in [0.3, 0.4) is 0 Å². The van der Waals surface area contributed by atoms with Gasteiger partial charge in [0.25, 0.3) is 0 Å². The van der Waals surface area contributed by atoms with Gasteiger partial charge in [-0.1, -0.05) is 49.4 Å². The second kappa shape index (κ2) is 5.59. The Morgan fingerprint density at radius 3 is 2.45 bits per heavy atom. The van der Waals surface area contributed by atoms with Crippen molar-refractivity contribution in [1.82, 2.24) is 5.32 Å². The molecule has 0 aliphatic heterocycles. The highest BCUT2D eigenvalue weighted by atomic mass is 16.4. The number of rotatable bonds is 5. The van der Waals surface area contributed by atoms with Gasteiger partial charge in [0.1, 0.15) is 0 Å². The van der Waals surface area contributed by atoms with E-state index in [2.05, 4.69) is 17.5 Å². The zero-order chi connectivity index (χ0) is 15.7. The molecule has 0 spiro atoms. The van der Waals surface area contributed by atoms with Gasteiger partial charge in [-0.15, -0.1) is 0 Å². The number of fused-ring (bicyclic) bond motifs is 2. The fraction of sp³-hybridized carbons (Fsp3) is 0.444. The van der Waals surface area contributed by atoms with E-state index in [9.17, 15) is 14.7 Å². The number of benzene rings is 1. The van der Waals surface area contributed by atoms with Crippen LogP contribution in [0.25, 0.3) is 0 Å². The summed E-state index contributed by atoms with van der Waals surface area (Å²) in [6, 6.07) is 8.97. The lowest BCUT2D eigenvalue weighted by Gasteiger charge is -2.32. The van der Waals surface area contributed by atoms with Gasteiger partial charge in [0.2, 0.25) is 5.91 Å². The van der Waals surface area contributed by atoms with Crippen LogP contribution in [-0.4, -0.2) is 17.0 Å². The smallest absolute Gasteiger partial charge is 0.334 e. The summed E-state index contributed by atoms with van der Waals surface area (Å²) in [6.45, 7) is 1.79. The number of carbonyl (C=O) groups excluding carboxylic acids is 1. The Labute approximate surface area is 130 Å². The van der Waals surface area contributed by atoms with Crippen LogP contribution in [0, 0.1) is 17.8 Å². The Kier molecular flexibility index (Phi) is 3.77. The van der Waals surface area contributed by atoms with Crippen molar-refractivity contribution in [3.63, 3.8) is 0 Å². The molecule has 2 aliphatic carbocycles. The molecule has 2 bridgehead atoms. The average molecular weight is 299 g/mol. The lowest BCUT2D eigenvalue weighted by molar-refractivity contribution is -0.149. The van der Waals surface area contributed by atoms with E-state index in [4.69, 9.17) is 0 Å². The summed E-state index contributed by atoms with van der Waals surface area (Å²) in [5.41, 5.74) is -0.721. The minimum atomic E-state index is -1.34. The number of hydrogen-bond donors (Lipinski definition) is 2. The molecule has 0 aromatic heterocycles. The molecule has 0 saturated heterocycles. The van der Waals surface area contributed by atoms with Gasteiger partial charge in [-0.2, -0.15) is 0 Å². The van der Waals surface area contributed by atoms with Crippen molar-refractivity contribution in [2.24, 2.45) is 17.8 Å². The molecule has 0 heterocycles. The molecule has 1 fully saturated rings. The van der Waals surface area contributed by atoms with E-state index in [0.29, 0.717) is 17.9 Å². The molecule has 4 nitrogen and oxygen atoms in total. The standard InChI is InChI=1S/C18H21NO3/c1-2-18(17(21)22,14-6-4-3-5-7-14)19-16(20)15-11-12-8-9-13(15)10-12/h3-9,12-13,15H,2,10-11H2,1H3,(H,19,20)(H,21,22)/t12-,13-,15-,18+/m0/s1. The quantitative estimate of drug-likeness (QED) is 0.822. The molecule has 22 heavy (non-hydrogen) atoms. The normalized spacial score (nSPS) is 28.3. The number of nitrogens with one attached hydrogen (secondary N) is 1. The van der Waals surface area contributed by atoms with Crippen molar-refractivity contribution < 1.29 is 14.7 Å². The maximum atomic E-state index is 12.7. The van der Waals surface area contributed by atoms with E-state index in [0.717, 1.165) is 12.8 Å². The molecule has 3 rings (SSSR count). The predicted octanol–water partition coefficient (Wildman–Crippen LogP) is 2.70. The highest BCUT2D eigenvalue weighted by Crippen LogP contribution is 2.44. The van der Waals surface area contributed by atoms with Crippen LogP contribution in [0.2, 0.25) is 0 Å². The Morgan fingerprint density at radius 1 is 1.23 bits per heavy atom. The zero-order valence-electron chi connectivity index (χ0n) is 12.7. The lowest BCUT2D eigenvalue weighted by atomic mass is 9.85. The van der Waals surface area contributed by atoms with E-state index in [1.165, 1.54) is 0 Å². The number of amides is 1. The van der Waals surface area contributed by atoms with Crippen LogP contribution in [0.4, 0.5) is 0 Å². The molecule has 1 aromatic rings. The molecule has 2 aliphatic rings. The fourth-order valence-electron chi connectivity index (χ4n) is 3.80. The summed E-state index contributed by atoms with van der Waals surface area (Å²) in [6.07, 6.45) is 6.46. The van der Waals surface area contributed by atoms with E-state index < -0.39 is 11.5 Å². The monoisotopic (exact) mass is 299 g/mol. The van der Waals surface area contributed by atoms with Crippen LogP contribution in [-0.2, 0) is 15.1 Å². The Balaban J connectivity index is 1.86. The molecule has 0 radical (unpaired) electrons. The van der Waals surface area contributed by atoms with Gasteiger partial charge >= 0.3 is 5.97 Å². The van der Waals surface area contributed by atoms with Crippen molar-refractivity contribution in [1.29, 1.82) is 0 Å². The van der Waals surface area contributed by atoms with Gasteiger partial charge in [0.15, 0.2) is 5.54 Å². The molecule has 1 aromatic carbocycles. The van der Waals surface area contributed by atoms with Crippen LogP contribution in [0.5, 0.6) is 0 Å². The zero-order valence-corrected chi connectivity index (χ0v) is 12.7. The van der Waals surface area contributed by atoms with Crippen LogP contribution in [0.1, 0.15) is 31.7 Å². The SMILES string of the molecule is CC[C@](NC(=O)[C@H]1C[C@H]2C=C[C@H]1C2)(C(=O)O)c1ccccc1. The number of carboxylic acids is 1. The second-order valence-corrected chi connectivity index (χ2v) is 6.31. The first-order valence-electron chi connectivity index (χ1n) is 7.86. The van der Waals surface area contributed by atoms with E-state index in [1.54, 1.807) is 31.2 Å². The molecule has 2 N–H and O–H groups in total. The lowest BCUT2D eigenvalue weighted by Crippen LogP contribution is -2.53. The third-order valence-corrected chi connectivity index (χ3v) is 5.11. The van der Waals surface area contributed by atoms with Gasteiger partial charge in [0, 0.05) is 5.92 Å². The average Bonchev–Trinajstić information content (AvgIpc) is 3.16. The first kappa shape index (κ1) is 14.8. The third-order valence-electron chi connectivity index (χ3n) is 5.11. The van der Waals surface area contributed by atoms with Gasteiger partial charge in [-0.05, 0) is 36.7 Å². The van der Waals surface area contributed by atoms with Crippen LogP contribution < -0.4 is 5.32 Å². The highest BCUT2D eigenvalue weighted by Gasteiger charge is 2.45. The Morgan fingerprint density at radius 2 is 1.95 bits per heavy atom. The minimum Gasteiger partial charge on any atom is -0.479 e. The van der Waals surface area contributed by atoms with Crippen molar-refractivity contribution in [3.8, 4) is 0 Å². The number of allylic oxidation sites excluding steroid dienone is 2. The molecule has 0 unspecified atom stereocenters. The number of aliphatic carboxylic acids is 1. The first-order chi connectivity index (χ1) is 10.6. The van der Waals surface area contributed by atoms with Crippen molar-refractivity contribution >= 4 is 11.9 Å². The van der Waals surface area contributed by atoms with Crippen molar-refractivity contribution in [3.05, 3.63) is 48.0 Å². The summed E-state index contributed by atoms with van der Waals surface area (Å²) >= 11 is 0. The summed E-state index contributed by atoms with van der Waals surface area (Å²) in [5, 5.41) is 12.6. The summed E-state index contributed by atoms with van der Waals surface area (Å²) in [5.74, 6) is -0.482. The summed E-state index contributed by atoms with van der Waals surface area (Å²) in [7, 11) is 0. The molecule has 116 valence electrons. The number of carboxylic acid groups (broad SMARTS) is 1. The maximum Gasteiger partial charge on any atom is 0.334 e. The molecule has 1 saturated carbocycles. The number of hydrogen-bond acceptors (Lipinski definition) is 2. The highest BCUT2D eigenvalue weighted by molar-refractivity contribution is 5.89. The maximum absolute atomic E-state index is 12.7. The van der Waals surface area contributed by atoms with Crippen molar-refractivity contribution in [2.45, 2.75) is 31.7 Å². The molecule has 4 heteroatoms. The van der Waals surface area contributed by atoms with Gasteiger partial charge in [-0.25, -0.2) is 4.79 Å². The van der Waals surface area contributed by atoms with Crippen LogP contribution in [0.15, 0.2) is 42.5 Å². The van der Waals surface area contributed by atoms with E-state index in [-0.39, 0.29) is 17.7 Å². The van der Waals surface area contributed by atoms with E-state index >= 15 is 0 Å². The summed E-state index contributed by atoms with van der Waals surface area (Å²) in [4.78, 5) is 24.6. The molecular formula is C18H21NO3. The van der Waals surface area contributed by atoms with E-state index in [1.807, 2.05) is 6.07 Å². The number of carbonyl (C=O) groups is 2. The summed E-state index contributed by atoms with van der Waals surface area (Å²) < 4.78 is 0. The molecule has 1 amide bonds. The minimum absolute atomic E-state index is 0.0935. The van der Waals surface area contributed by atoms with Crippen LogP contribution >= 0.6 is 0 Å². The predicted molar refractivity (Wildman–Crippen MR) is 83.0 cm³/mol. The fourth-order valence-corrected chi connectivity index (χ4v) is 3.80. The third kappa shape index (κ3) is 2.32. The Hall–Kier alpha value is -2.10. The largest absolute Gasteiger partial charge is 0.479 e. The topological polar surface area (TPSA) is 66.4 Å². The first-order valence-corrected chi connectivity index (χ1v) is 7.86. The van der Waals surface area contributed by atoms with Gasteiger partial charge < -0.3 is 10.4 Å². The van der Waals surface area contributed by atoms with Gasteiger partial charge in [-0.3, -0.25) is 4.79 Å². The molecule has 4 atom stereocenters.